The maximum absolute atomic E-state index is 2.46. The maximum atomic E-state index is 2.46. The van der Waals surface area contributed by atoms with Crippen molar-refractivity contribution in [3.05, 3.63) is 231 Å². The molecule has 0 spiro atoms. The highest BCUT2D eigenvalue weighted by Crippen LogP contribution is 2.45. The molecule has 3 heteroatoms. The van der Waals surface area contributed by atoms with Gasteiger partial charge in [0.1, 0.15) is 0 Å². The van der Waals surface area contributed by atoms with Crippen LogP contribution in [0.5, 0.6) is 0 Å². The second-order valence-electron chi connectivity index (χ2n) is 16.5. The van der Waals surface area contributed by atoms with Crippen molar-refractivity contribution in [1.29, 1.82) is 0 Å². The minimum absolute atomic E-state index is 1.14. The van der Waals surface area contributed by atoms with Crippen molar-refractivity contribution >= 4 is 75.1 Å². The molecule has 13 aromatic rings. The summed E-state index contributed by atoms with van der Waals surface area (Å²) in [6.45, 7) is 0. The van der Waals surface area contributed by atoms with Crippen LogP contribution in [0.3, 0.4) is 0 Å². The molecule has 0 fully saturated rings. The molecule has 0 saturated carbocycles. The van der Waals surface area contributed by atoms with E-state index in [9.17, 15) is 0 Å². The molecule has 0 bridgehead atoms. The van der Waals surface area contributed by atoms with E-state index in [-0.39, 0.29) is 0 Å². The molecule has 0 radical (unpaired) electrons. The van der Waals surface area contributed by atoms with Crippen LogP contribution < -0.4 is 0 Å². The summed E-state index contributed by atoms with van der Waals surface area (Å²) in [6, 6.07) is 84.5. The topological polar surface area (TPSA) is 9.86 Å². The molecule has 63 heavy (non-hydrogen) atoms. The molecule has 0 unspecified atom stereocenters. The van der Waals surface area contributed by atoms with Crippen molar-refractivity contribution in [2.45, 2.75) is 0 Å². The Balaban J connectivity index is 0.928. The van der Waals surface area contributed by atoms with E-state index < -0.39 is 0 Å². The summed E-state index contributed by atoms with van der Waals surface area (Å²) in [6.07, 6.45) is 0. The Bertz CT molecular complexity index is 3850. The maximum Gasteiger partial charge on any atom is 0.0561 e. The third-order valence-electron chi connectivity index (χ3n) is 12.9. The van der Waals surface area contributed by atoms with Gasteiger partial charge in [-0.3, -0.25) is 0 Å². The van der Waals surface area contributed by atoms with Gasteiger partial charge in [0.15, 0.2) is 0 Å². The van der Waals surface area contributed by atoms with Crippen molar-refractivity contribution in [3.63, 3.8) is 0 Å². The number of nitrogens with zero attached hydrogens (tertiary/aromatic N) is 2. The number of para-hydroxylation sites is 3. The van der Waals surface area contributed by atoms with E-state index in [1.54, 1.807) is 0 Å². The fourth-order valence-corrected chi connectivity index (χ4v) is 11.4. The van der Waals surface area contributed by atoms with Crippen LogP contribution in [0.2, 0.25) is 0 Å². The normalized spacial score (nSPS) is 11.8. The minimum atomic E-state index is 1.14. The highest BCUT2D eigenvalue weighted by molar-refractivity contribution is 7.26. The molecule has 0 aliphatic rings. The second kappa shape index (κ2) is 14.3. The average Bonchev–Trinajstić information content (AvgIpc) is 4.02. The van der Waals surface area contributed by atoms with Crippen LogP contribution in [-0.4, -0.2) is 9.13 Å². The minimum Gasteiger partial charge on any atom is -0.309 e. The Kier molecular flexibility index (Phi) is 8.12. The Labute approximate surface area is 368 Å². The van der Waals surface area contributed by atoms with Crippen LogP contribution in [0.1, 0.15) is 0 Å². The van der Waals surface area contributed by atoms with E-state index in [2.05, 4.69) is 240 Å². The Morgan fingerprint density at radius 3 is 1.27 bits per heavy atom. The molecule has 0 aliphatic carbocycles. The first kappa shape index (κ1) is 35.7. The van der Waals surface area contributed by atoms with Gasteiger partial charge in [0.2, 0.25) is 0 Å². The van der Waals surface area contributed by atoms with Crippen molar-refractivity contribution in [1.82, 2.24) is 9.13 Å². The summed E-state index contributed by atoms with van der Waals surface area (Å²) in [5, 5.41) is 7.61. The molecule has 0 atom stereocenters. The lowest BCUT2D eigenvalue weighted by Gasteiger charge is -2.13. The number of hydrogen-bond acceptors (Lipinski definition) is 1. The molecule has 13 rings (SSSR count). The average molecular weight is 819 g/mol. The van der Waals surface area contributed by atoms with Crippen LogP contribution in [0, 0.1) is 0 Å². The summed E-state index contributed by atoms with van der Waals surface area (Å²) in [4.78, 5) is 0. The van der Waals surface area contributed by atoms with Gasteiger partial charge >= 0.3 is 0 Å². The number of thiophene rings is 1. The van der Waals surface area contributed by atoms with Crippen molar-refractivity contribution < 1.29 is 0 Å². The van der Waals surface area contributed by atoms with Crippen LogP contribution in [0.25, 0.3) is 120 Å². The van der Waals surface area contributed by atoms with Gasteiger partial charge in [-0.25, -0.2) is 0 Å². The Morgan fingerprint density at radius 2 is 0.651 bits per heavy atom. The Hall–Kier alpha value is -7.98. The van der Waals surface area contributed by atoms with Crippen LogP contribution in [0.15, 0.2) is 231 Å². The number of rotatable bonds is 6. The fraction of sp³-hybridized carbons (Fsp3) is 0. The molecule has 294 valence electrons. The molecule has 0 saturated heterocycles. The third-order valence-corrected chi connectivity index (χ3v) is 14.2. The molecule has 0 N–H and O–H groups in total. The van der Waals surface area contributed by atoms with E-state index >= 15 is 0 Å². The molecule has 0 amide bonds. The lowest BCUT2D eigenvalue weighted by atomic mass is 9.96. The molecule has 2 nitrogen and oxygen atoms in total. The number of aromatic nitrogens is 2. The fourth-order valence-electron chi connectivity index (χ4n) is 10.0. The first-order chi connectivity index (χ1) is 31.2. The van der Waals surface area contributed by atoms with Gasteiger partial charge in [0, 0.05) is 53.1 Å². The summed E-state index contributed by atoms with van der Waals surface area (Å²) in [5.41, 5.74) is 16.9. The van der Waals surface area contributed by atoms with Crippen LogP contribution in [-0.2, 0) is 0 Å². The highest BCUT2D eigenvalue weighted by Gasteiger charge is 2.19. The number of fused-ring (bicyclic) bond motifs is 9. The largest absolute Gasteiger partial charge is 0.309 e. The molecule has 3 aromatic heterocycles. The monoisotopic (exact) mass is 818 g/mol. The zero-order valence-corrected chi connectivity index (χ0v) is 35.1. The molecule has 10 aromatic carbocycles. The first-order valence-electron chi connectivity index (χ1n) is 21.6. The zero-order valence-electron chi connectivity index (χ0n) is 34.2. The summed E-state index contributed by atoms with van der Waals surface area (Å²) >= 11 is 1.91. The highest BCUT2D eigenvalue weighted by atomic mass is 32.1. The quantitative estimate of drug-likeness (QED) is 0.158. The van der Waals surface area contributed by atoms with Gasteiger partial charge < -0.3 is 9.13 Å². The Morgan fingerprint density at radius 1 is 0.238 bits per heavy atom. The van der Waals surface area contributed by atoms with Gasteiger partial charge in [0.25, 0.3) is 0 Å². The van der Waals surface area contributed by atoms with E-state index in [1.807, 2.05) is 11.3 Å². The van der Waals surface area contributed by atoms with Crippen molar-refractivity contribution in [2.75, 3.05) is 0 Å². The third kappa shape index (κ3) is 5.71. The molecular weight excluding hydrogens is 781 g/mol. The van der Waals surface area contributed by atoms with Gasteiger partial charge in [-0.1, -0.05) is 182 Å². The predicted octanol–water partition coefficient (Wildman–Crippen LogP) is 16.9. The van der Waals surface area contributed by atoms with E-state index in [1.165, 1.54) is 108 Å². The smallest absolute Gasteiger partial charge is 0.0561 e. The van der Waals surface area contributed by atoms with E-state index in [4.69, 9.17) is 0 Å². The zero-order chi connectivity index (χ0) is 41.4. The van der Waals surface area contributed by atoms with Crippen molar-refractivity contribution in [2.24, 2.45) is 0 Å². The first-order valence-corrected chi connectivity index (χ1v) is 22.4. The van der Waals surface area contributed by atoms with Gasteiger partial charge in [0.05, 0.1) is 22.1 Å². The van der Waals surface area contributed by atoms with Crippen LogP contribution in [0.4, 0.5) is 0 Å². The SMILES string of the molecule is c1ccc(-c2ccc(-c3cccc(-c4cccc5c4sc4c(-c6cccc(-n7c8ccccc8c8ccc(-n9c%10ccccc%10c%10ccccc%109)cc87)c6)cccc45)c3)cc2)cc1. The number of benzene rings is 10. The second-order valence-corrected chi connectivity index (χ2v) is 17.5. The van der Waals surface area contributed by atoms with Gasteiger partial charge in [-0.05, 0) is 93.0 Å². The number of hydrogen-bond donors (Lipinski definition) is 0. The van der Waals surface area contributed by atoms with Crippen molar-refractivity contribution in [3.8, 4) is 55.9 Å². The summed E-state index contributed by atoms with van der Waals surface area (Å²) in [7, 11) is 0. The standard InChI is InChI=1S/C60H38N2S/c1-2-14-39(15-3-1)40-30-32-41(33-31-40)42-16-10-17-43(36-42)47-23-12-25-53-54-26-13-24-48(60(54)63-59(47)53)44-18-11-19-45(37-44)62-57-29-9-6-22-51(57)52-35-34-46(38-58(52)62)61-55-27-7-4-20-49(55)50-21-5-8-28-56(50)61/h1-38H. The lowest BCUT2D eigenvalue weighted by molar-refractivity contribution is 1.15. The van der Waals surface area contributed by atoms with E-state index in [0.29, 0.717) is 0 Å². The van der Waals surface area contributed by atoms with Gasteiger partial charge in [-0.2, -0.15) is 0 Å². The van der Waals surface area contributed by atoms with Crippen LogP contribution >= 0.6 is 11.3 Å². The predicted molar refractivity (Wildman–Crippen MR) is 270 cm³/mol. The van der Waals surface area contributed by atoms with Gasteiger partial charge in [-0.15, -0.1) is 11.3 Å². The molecule has 0 aliphatic heterocycles. The molecular formula is C60H38N2S. The summed E-state index contributed by atoms with van der Waals surface area (Å²) in [5.74, 6) is 0. The molecule has 3 heterocycles. The van der Waals surface area contributed by atoms with E-state index in [0.717, 1.165) is 11.4 Å². The summed E-state index contributed by atoms with van der Waals surface area (Å²) < 4.78 is 7.49. The lowest BCUT2D eigenvalue weighted by Crippen LogP contribution is -1.97.